The number of aliphatic carboxylic acids is 1. The Morgan fingerprint density at radius 3 is 1.48 bits per heavy atom. The van der Waals surface area contributed by atoms with Gasteiger partial charge in [0, 0.05) is 12.8 Å². The summed E-state index contributed by atoms with van der Waals surface area (Å²) in [6.07, 6.45) is 61.2. The first kappa shape index (κ1) is 56.8. The van der Waals surface area contributed by atoms with Crippen molar-refractivity contribution in [3.63, 3.8) is 0 Å². The molecule has 0 aliphatic rings. The summed E-state index contributed by atoms with van der Waals surface area (Å²) < 4.78 is 5.95. The van der Waals surface area contributed by atoms with E-state index < -0.39 is 12.0 Å². The fourth-order valence-electron chi connectivity index (χ4n) is 7.04. The van der Waals surface area contributed by atoms with E-state index in [0.717, 1.165) is 83.5 Å². The number of nitrogens with one attached hydrogen (secondary N) is 1. The first-order valence-electron chi connectivity index (χ1n) is 24.8. The van der Waals surface area contributed by atoms with Crippen LogP contribution >= 0.6 is 0 Å². The molecule has 2 atom stereocenters. The predicted octanol–water partition coefficient (Wildman–Crippen LogP) is 14.7. The molecule has 344 valence electrons. The fraction of sp³-hybridized carbons (Fsp3) is 0.717. The Bertz CT molecular complexity index is 1170. The van der Waals surface area contributed by atoms with Gasteiger partial charge in [0.25, 0.3) is 0 Å². The van der Waals surface area contributed by atoms with Crippen LogP contribution in [0, 0.1) is 0 Å². The number of allylic oxidation sites excluding steroid dienone is 11. The summed E-state index contributed by atoms with van der Waals surface area (Å²) in [4.78, 5) is 36.4. The molecule has 2 unspecified atom stereocenters. The van der Waals surface area contributed by atoms with Crippen molar-refractivity contribution in [1.29, 1.82) is 0 Å². The Morgan fingerprint density at radius 1 is 0.517 bits per heavy atom. The number of carbonyl (C=O) groups excluding carboxylic acids is 2. The van der Waals surface area contributed by atoms with Crippen LogP contribution in [0.25, 0.3) is 0 Å². The zero-order valence-corrected chi connectivity index (χ0v) is 38.8. The number of nitrogens with two attached hydrogens (primary N) is 1. The number of carbonyl (C=O) groups is 3. The molecule has 0 aromatic carbocycles. The molecule has 0 aromatic rings. The van der Waals surface area contributed by atoms with Gasteiger partial charge >= 0.3 is 11.9 Å². The van der Waals surface area contributed by atoms with Crippen LogP contribution < -0.4 is 11.1 Å². The van der Waals surface area contributed by atoms with E-state index in [9.17, 15) is 19.5 Å². The molecule has 0 radical (unpaired) electrons. The normalized spacial score (nSPS) is 13.2. The van der Waals surface area contributed by atoms with Gasteiger partial charge in [-0.25, -0.2) is 4.79 Å². The molecule has 0 saturated heterocycles. The van der Waals surface area contributed by atoms with Crippen molar-refractivity contribution in [2.75, 3.05) is 6.54 Å². The van der Waals surface area contributed by atoms with Crippen molar-refractivity contribution in [2.24, 2.45) is 5.73 Å². The maximum atomic E-state index is 12.8. The van der Waals surface area contributed by atoms with Crippen molar-refractivity contribution in [1.82, 2.24) is 5.32 Å². The van der Waals surface area contributed by atoms with Gasteiger partial charge in [-0.05, 0) is 109 Å². The van der Waals surface area contributed by atoms with Gasteiger partial charge in [-0.15, -0.1) is 0 Å². The van der Waals surface area contributed by atoms with Crippen LogP contribution in [0.1, 0.15) is 226 Å². The number of hydrogen-bond donors (Lipinski definition) is 3. The van der Waals surface area contributed by atoms with E-state index >= 15 is 0 Å². The zero-order valence-electron chi connectivity index (χ0n) is 38.8. The van der Waals surface area contributed by atoms with E-state index in [-0.39, 0.29) is 18.0 Å². The van der Waals surface area contributed by atoms with Gasteiger partial charge in [-0.1, -0.05) is 183 Å². The van der Waals surface area contributed by atoms with E-state index in [1.165, 1.54) is 103 Å². The first-order valence-corrected chi connectivity index (χ1v) is 24.8. The van der Waals surface area contributed by atoms with Crippen LogP contribution in [0.2, 0.25) is 0 Å². The second-order valence-corrected chi connectivity index (χ2v) is 16.5. The summed E-state index contributed by atoms with van der Waals surface area (Å²) in [5.74, 6) is -1.34. The highest BCUT2D eigenvalue weighted by Crippen LogP contribution is 2.16. The van der Waals surface area contributed by atoms with Crippen LogP contribution in [0.5, 0.6) is 0 Å². The quantitative estimate of drug-likeness (QED) is 0.0319. The summed E-state index contributed by atoms with van der Waals surface area (Å²) in [6, 6.07) is -0.871. The number of carboxylic acids is 1. The van der Waals surface area contributed by atoms with E-state index in [1.807, 2.05) is 0 Å². The van der Waals surface area contributed by atoms with E-state index in [0.29, 0.717) is 32.2 Å². The third-order valence-corrected chi connectivity index (χ3v) is 10.7. The molecule has 0 aliphatic heterocycles. The van der Waals surface area contributed by atoms with Crippen LogP contribution in [0.15, 0.2) is 72.9 Å². The van der Waals surface area contributed by atoms with E-state index in [1.54, 1.807) is 0 Å². The zero-order chi connectivity index (χ0) is 43.8. The minimum Gasteiger partial charge on any atom is -0.480 e. The van der Waals surface area contributed by atoms with Crippen molar-refractivity contribution < 1.29 is 24.2 Å². The minimum atomic E-state index is -1.01. The lowest BCUT2D eigenvalue weighted by Crippen LogP contribution is -2.40. The van der Waals surface area contributed by atoms with Crippen molar-refractivity contribution >= 4 is 17.8 Å². The van der Waals surface area contributed by atoms with Crippen LogP contribution in [0.3, 0.4) is 0 Å². The predicted molar refractivity (Wildman–Crippen MR) is 257 cm³/mol. The summed E-state index contributed by atoms with van der Waals surface area (Å²) in [7, 11) is 0. The Kier molecular flexibility index (Phi) is 44.4. The van der Waals surface area contributed by atoms with Gasteiger partial charge < -0.3 is 20.9 Å². The van der Waals surface area contributed by atoms with E-state index in [4.69, 9.17) is 10.5 Å². The Labute approximate surface area is 369 Å². The molecular weight excluding hydrogens is 745 g/mol. The van der Waals surface area contributed by atoms with Crippen molar-refractivity contribution in [3.8, 4) is 0 Å². The van der Waals surface area contributed by atoms with Gasteiger partial charge in [0.05, 0.1) is 0 Å². The Hall–Kier alpha value is -3.19. The molecule has 0 bridgehead atoms. The summed E-state index contributed by atoms with van der Waals surface area (Å²) in [5, 5.41) is 11.9. The van der Waals surface area contributed by atoms with Gasteiger partial charge in [-0.3, -0.25) is 9.59 Å². The average Bonchev–Trinajstić information content (AvgIpc) is 3.23. The number of unbranched alkanes of at least 4 members (excludes halogenated alkanes) is 20. The highest BCUT2D eigenvalue weighted by atomic mass is 16.5. The van der Waals surface area contributed by atoms with Gasteiger partial charge in [0.15, 0.2) is 0 Å². The molecular formula is C53H92N2O5. The average molecular weight is 837 g/mol. The standard InChI is InChI=1S/C53H92N2O5/c1-3-5-7-9-11-13-15-16-17-18-19-20-21-22-23-24-25-26-28-30-32-37-41-47-52(57)60-49(43-38-34-31-29-27-14-12-10-8-6-4-2)44-39-35-33-36-40-46-51(56)55-50(53(58)59)45-42-48-54/h6,8,12,14-16,18-19,29,31,38,43,49-50H,3-5,7,9-11,13,17,20-28,30,32-37,39-42,44-48,54H2,1-2H3,(H,55,56)(H,58,59)/b8-6-,14-12-,16-15-,19-18-,31-29-,43-38-. The van der Waals surface area contributed by atoms with Gasteiger partial charge in [0.2, 0.25) is 5.91 Å². The smallest absolute Gasteiger partial charge is 0.326 e. The van der Waals surface area contributed by atoms with Gasteiger partial charge in [-0.2, -0.15) is 0 Å². The Balaban J connectivity index is 4.26. The number of hydrogen-bond acceptors (Lipinski definition) is 5. The number of ether oxygens (including phenoxy) is 1. The molecule has 7 nitrogen and oxygen atoms in total. The van der Waals surface area contributed by atoms with Crippen LogP contribution in [0.4, 0.5) is 0 Å². The molecule has 0 fully saturated rings. The lowest BCUT2D eigenvalue weighted by Gasteiger charge is -2.15. The molecule has 1 amide bonds. The number of amides is 1. The van der Waals surface area contributed by atoms with E-state index in [2.05, 4.69) is 92.1 Å². The maximum absolute atomic E-state index is 12.8. The first-order chi connectivity index (χ1) is 29.4. The second kappa shape index (κ2) is 46.9. The second-order valence-electron chi connectivity index (χ2n) is 16.5. The SMILES string of the molecule is CC/C=C\C/C=C\C/C=C\C/C=C\C(CCCCCCCC(=O)NC(CCCN)C(=O)O)OC(=O)CCCCCCCCCCCCC/C=C\C/C=C\CCCCCCC. The number of esters is 1. The summed E-state index contributed by atoms with van der Waals surface area (Å²) in [5.41, 5.74) is 5.49. The third-order valence-electron chi connectivity index (χ3n) is 10.7. The maximum Gasteiger partial charge on any atom is 0.326 e. The number of rotatable bonds is 44. The molecule has 0 saturated carbocycles. The molecule has 0 spiro atoms. The molecule has 60 heavy (non-hydrogen) atoms. The molecule has 0 aliphatic carbocycles. The van der Waals surface area contributed by atoms with Crippen molar-refractivity contribution in [2.45, 2.75) is 238 Å². The summed E-state index contributed by atoms with van der Waals surface area (Å²) >= 11 is 0. The largest absolute Gasteiger partial charge is 0.480 e. The lowest BCUT2D eigenvalue weighted by molar-refractivity contribution is -0.147. The Morgan fingerprint density at radius 2 is 0.967 bits per heavy atom. The van der Waals surface area contributed by atoms with Crippen LogP contribution in [-0.2, 0) is 19.1 Å². The molecule has 0 rings (SSSR count). The monoisotopic (exact) mass is 837 g/mol. The third kappa shape index (κ3) is 42.9. The fourth-order valence-corrected chi connectivity index (χ4v) is 7.04. The van der Waals surface area contributed by atoms with Gasteiger partial charge in [0.1, 0.15) is 12.1 Å². The minimum absolute atomic E-state index is 0.101. The molecule has 0 aromatic heterocycles. The summed E-state index contributed by atoms with van der Waals surface area (Å²) in [6.45, 7) is 4.82. The lowest BCUT2D eigenvalue weighted by atomic mass is 10.0. The topological polar surface area (TPSA) is 119 Å². The van der Waals surface area contributed by atoms with Crippen LogP contribution in [-0.4, -0.2) is 41.6 Å². The molecule has 0 heterocycles. The molecule has 7 heteroatoms. The number of carboxylic acid groups (broad SMARTS) is 1. The molecule has 4 N–H and O–H groups in total. The highest BCUT2D eigenvalue weighted by Gasteiger charge is 2.19. The van der Waals surface area contributed by atoms with Crippen molar-refractivity contribution in [3.05, 3.63) is 72.9 Å². The highest BCUT2D eigenvalue weighted by molar-refractivity contribution is 5.83.